The Labute approximate surface area is 154 Å². The van der Waals surface area contributed by atoms with Gasteiger partial charge < -0.3 is 15.3 Å². The van der Waals surface area contributed by atoms with E-state index in [0.29, 0.717) is 5.56 Å². The van der Waals surface area contributed by atoms with Crippen molar-refractivity contribution in [2.75, 3.05) is 5.32 Å². The monoisotopic (exact) mass is 368 g/mol. The fraction of sp³-hybridized carbons (Fsp3) is 0.250. The standard InChI is InChI=1S/C20H17FN2O4/c21-13-5-6-14-15(9-18(24)22-16(14)8-13)19(25)23-10-12-4-2-1-3-11(12)7-17(23)20(26)27/h1-6,8,15,17H,7,9-10H2,(H,22,24)(H,26,27)/t15-,17-/m0/s1. The number of fused-ring (bicyclic) bond motifs is 2. The van der Waals surface area contributed by atoms with Gasteiger partial charge in [-0.15, -0.1) is 0 Å². The molecule has 2 aromatic rings. The number of halogens is 1. The molecule has 2 heterocycles. The van der Waals surface area contributed by atoms with Crippen LogP contribution in [0, 0.1) is 5.82 Å². The molecular formula is C20H17FN2O4. The van der Waals surface area contributed by atoms with Crippen molar-refractivity contribution in [3.63, 3.8) is 0 Å². The van der Waals surface area contributed by atoms with E-state index in [1.165, 1.54) is 23.1 Å². The van der Waals surface area contributed by atoms with Gasteiger partial charge in [0, 0.05) is 25.1 Å². The van der Waals surface area contributed by atoms with Crippen molar-refractivity contribution < 1.29 is 23.9 Å². The number of nitrogens with one attached hydrogen (secondary N) is 1. The molecule has 0 saturated heterocycles. The molecule has 2 amide bonds. The number of anilines is 1. The third-order valence-corrected chi connectivity index (χ3v) is 5.17. The summed E-state index contributed by atoms with van der Waals surface area (Å²) in [7, 11) is 0. The van der Waals surface area contributed by atoms with Gasteiger partial charge in [0.1, 0.15) is 11.9 Å². The average molecular weight is 368 g/mol. The van der Waals surface area contributed by atoms with E-state index >= 15 is 0 Å². The number of hydrogen-bond donors (Lipinski definition) is 2. The summed E-state index contributed by atoms with van der Waals surface area (Å²) in [4.78, 5) is 38.4. The lowest BCUT2D eigenvalue weighted by molar-refractivity contribution is -0.152. The normalized spacial score (nSPS) is 21.1. The number of carboxylic acids is 1. The molecule has 0 radical (unpaired) electrons. The zero-order valence-corrected chi connectivity index (χ0v) is 14.3. The van der Waals surface area contributed by atoms with Gasteiger partial charge in [-0.3, -0.25) is 9.59 Å². The maximum Gasteiger partial charge on any atom is 0.326 e. The summed E-state index contributed by atoms with van der Waals surface area (Å²) >= 11 is 0. The van der Waals surface area contributed by atoms with Crippen molar-refractivity contribution in [1.29, 1.82) is 0 Å². The van der Waals surface area contributed by atoms with Crippen molar-refractivity contribution in [3.05, 3.63) is 65.0 Å². The average Bonchev–Trinajstić information content (AvgIpc) is 2.65. The Bertz CT molecular complexity index is 959. The molecule has 2 N–H and O–H groups in total. The maximum absolute atomic E-state index is 13.5. The van der Waals surface area contributed by atoms with Crippen LogP contribution >= 0.6 is 0 Å². The van der Waals surface area contributed by atoms with Crippen molar-refractivity contribution in [3.8, 4) is 0 Å². The van der Waals surface area contributed by atoms with E-state index in [1.807, 2.05) is 24.3 Å². The van der Waals surface area contributed by atoms with Gasteiger partial charge in [-0.1, -0.05) is 30.3 Å². The maximum atomic E-state index is 13.5. The SMILES string of the molecule is O=C1C[C@H](C(=O)N2Cc3ccccc3C[C@H]2C(=O)O)c2ccc(F)cc2N1. The lowest BCUT2D eigenvalue weighted by atomic mass is 9.86. The Morgan fingerprint density at radius 1 is 1.11 bits per heavy atom. The van der Waals surface area contributed by atoms with Crippen LogP contribution in [0.5, 0.6) is 0 Å². The van der Waals surface area contributed by atoms with E-state index in [-0.39, 0.29) is 25.1 Å². The second-order valence-electron chi connectivity index (χ2n) is 6.83. The van der Waals surface area contributed by atoms with Crippen LogP contribution in [-0.2, 0) is 27.3 Å². The molecule has 4 rings (SSSR count). The topological polar surface area (TPSA) is 86.7 Å². The van der Waals surface area contributed by atoms with Gasteiger partial charge >= 0.3 is 5.97 Å². The molecule has 0 saturated carbocycles. The van der Waals surface area contributed by atoms with Crippen molar-refractivity contribution in [2.45, 2.75) is 31.3 Å². The van der Waals surface area contributed by atoms with Crippen LogP contribution in [-0.4, -0.2) is 33.8 Å². The van der Waals surface area contributed by atoms with Gasteiger partial charge in [-0.05, 0) is 28.8 Å². The highest BCUT2D eigenvalue weighted by Gasteiger charge is 2.40. The quantitative estimate of drug-likeness (QED) is 0.852. The molecule has 0 unspecified atom stereocenters. The van der Waals surface area contributed by atoms with Gasteiger partial charge in [0.05, 0.1) is 5.92 Å². The van der Waals surface area contributed by atoms with Gasteiger partial charge in [0.15, 0.2) is 0 Å². The molecule has 0 spiro atoms. The van der Waals surface area contributed by atoms with E-state index < -0.39 is 35.6 Å². The molecule has 138 valence electrons. The van der Waals surface area contributed by atoms with Gasteiger partial charge in [-0.2, -0.15) is 0 Å². The first-order chi connectivity index (χ1) is 12.9. The summed E-state index contributed by atoms with van der Waals surface area (Å²) < 4.78 is 13.5. The molecule has 2 aliphatic heterocycles. The number of carbonyl (C=O) groups excluding carboxylic acids is 2. The molecule has 0 aliphatic carbocycles. The molecule has 2 aromatic carbocycles. The predicted octanol–water partition coefficient (Wildman–Crippen LogP) is 2.29. The molecule has 7 heteroatoms. The zero-order chi connectivity index (χ0) is 19.1. The molecule has 0 fully saturated rings. The molecule has 6 nitrogen and oxygen atoms in total. The molecule has 2 atom stereocenters. The summed E-state index contributed by atoms with van der Waals surface area (Å²) in [5.41, 5.74) is 2.55. The van der Waals surface area contributed by atoms with Crippen LogP contribution < -0.4 is 5.32 Å². The largest absolute Gasteiger partial charge is 0.480 e. The summed E-state index contributed by atoms with van der Waals surface area (Å²) in [5.74, 6) is -3.26. The molecule has 0 bridgehead atoms. The Hall–Kier alpha value is -3.22. The van der Waals surface area contributed by atoms with E-state index in [2.05, 4.69) is 5.32 Å². The van der Waals surface area contributed by atoms with Crippen LogP contribution in [0.3, 0.4) is 0 Å². The lowest BCUT2D eigenvalue weighted by Crippen LogP contribution is -2.51. The Kier molecular flexibility index (Phi) is 4.14. The summed E-state index contributed by atoms with van der Waals surface area (Å²) in [6, 6.07) is 10.3. The number of carbonyl (C=O) groups is 3. The number of benzene rings is 2. The van der Waals surface area contributed by atoms with Crippen LogP contribution in [0.4, 0.5) is 10.1 Å². The number of hydrogen-bond acceptors (Lipinski definition) is 3. The van der Waals surface area contributed by atoms with Gasteiger partial charge in [-0.25, -0.2) is 9.18 Å². The van der Waals surface area contributed by atoms with Crippen LogP contribution in [0.2, 0.25) is 0 Å². The van der Waals surface area contributed by atoms with E-state index in [1.54, 1.807) is 0 Å². The Morgan fingerprint density at radius 2 is 1.85 bits per heavy atom. The third kappa shape index (κ3) is 3.05. The minimum atomic E-state index is -1.09. The fourth-order valence-corrected chi connectivity index (χ4v) is 3.83. The first kappa shape index (κ1) is 17.2. The highest BCUT2D eigenvalue weighted by atomic mass is 19.1. The number of nitrogens with zero attached hydrogens (tertiary/aromatic N) is 1. The second-order valence-corrected chi connectivity index (χ2v) is 6.83. The van der Waals surface area contributed by atoms with E-state index in [9.17, 15) is 23.9 Å². The third-order valence-electron chi connectivity index (χ3n) is 5.17. The highest BCUT2D eigenvalue weighted by molar-refractivity contribution is 6.01. The Balaban J connectivity index is 1.71. The summed E-state index contributed by atoms with van der Waals surface area (Å²) in [6.07, 6.45) is 0.119. The van der Waals surface area contributed by atoms with E-state index in [4.69, 9.17) is 0 Å². The smallest absolute Gasteiger partial charge is 0.326 e. The minimum Gasteiger partial charge on any atom is -0.480 e. The lowest BCUT2D eigenvalue weighted by Gasteiger charge is -2.37. The van der Waals surface area contributed by atoms with Crippen molar-refractivity contribution >= 4 is 23.5 Å². The minimum absolute atomic E-state index is 0.0953. The summed E-state index contributed by atoms with van der Waals surface area (Å²) in [5, 5.41) is 12.2. The van der Waals surface area contributed by atoms with Gasteiger partial charge in [0.2, 0.25) is 11.8 Å². The van der Waals surface area contributed by atoms with E-state index in [0.717, 1.165) is 11.1 Å². The van der Waals surface area contributed by atoms with Crippen molar-refractivity contribution in [1.82, 2.24) is 4.90 Å². The molecular weight excluding hydrogens is 351 g/mol. The van der Waals surface area contributed by atoms with Gasteiger partial charge in [0.25, 0.3) is 0 Å². The number of amides is 2. The molecule has 27 heavy (non-hydrogen) atoms. The number of rotatable bonds is 2. The fourth-order valence-electron chi connectivity index (χ4n) is 3.83. The highest BCUT2D eigenvalue weighted by Crippen LogP contribution is 2.36. The van der Waals surface area contributed by atoms with Crippen LogP contribution in [0.25, 0.3) is 0 Å². The Morgan fingerprint density at radius 3 is 2.59 bits per heavy atom. The predicted molar refractivity (Wildman–Crippen MR) is 94.5 cm³/mol. The van der Waals surface area contributed by atoms with Crippen LogP contribution in [0.1, 0.15) is 29.0 Å². The molecule has 0 aromatic heterocycles. The van der Waals surface area contributed by atoms with Crippen molar-refractivity contribution in [2.24, 2.45) is 0 Å². The number of carboxylic acid groups (broad SMARTS) is 1. The van der Waals surface area contributed by atoms with Crippen LogP contribution in [0.15, 0.2) is 42.5 Å². The second kappa shape index (κ2) is 6.50. The number of aliphatic carboxylic acids is 1. The first-order valence-electron chi connectivity index (χ1n) is 8.63. The zero-order valence-electron chi connectivity index (χ0n) is 14.3. The molecule has 2 aliphatic rings. The summed E-state index contributed by atoms with van der Waals surface area (Å²) in [6.45, 7) is 0.167. The first-order valence-corrected chi connectivity index (χ1v) is 8.63.